The maximum atomic E-state index is 12.6. The molecule has 8 nitrogen and oxygen atoms in total. The maximum Gasteiger partial charge on any atom is 0.472 e. The number of hydrogen-bond donors (Lipinski definition) is 1. The molecule has 0 aromatic heterocycles. The van der Waals surface area contributed by atoms with Crippen LogP contribution < -0.4 is 0 Å². The molecule has 0 saturated carbocycles. The van der Waals surface area contributed by atoms with Gasteiger partial charge < -0.3 is 18.9 Å². The Morgan fingerprint density at radius 1 is 0.620 bits per heavy atom. The second kappa shape index (κ2) is 34.8. The first-order valence-corrected chi connectivity index (χ1v) is 21.7. The number of allylic oxidation sites excluding steroid dienone is 6. The molecule has 0 radical (unpaired) electrons. The number of unbranched alkanes of at least 4 members (excludes halogenated alkanes) is 17. The molecular weight excluding hydrogens is 649 g/mol. The van der Waals surface area contributed by atoms with Gasteiger partial charge in [0.2, 0.25) is 0 Å². The molecule has 0 spiro atoms. The van der Waals surface area contributed by atoms with Crippen LogP contribution in [0, 0.1) is 0 Å². The minimum atomic E-state index is -4.27. The molecule has 0 aromatic rings. The van der Waals surface area contributed by atoms with E-state index < -0.39 is 13.9 Å². The lowest BCUT2D eigenvalue weighted by atomic mass is 10.1. The van der Waals surface area contributed by atoms with E-state index in [0.29, 0.717) is 24.1 Å². The fraction of sp³-hybridized carbons (Fsp3) is 0.829. The lowest BCUT2D eigenvalue weighted by molar-refractivity contribution is -0.870. The van der Waals surface area contributed by atoms with Crippen molar-refractivity contribution in [1.82, 2.24) is 0 Å². The van der Waals surface area contributed by atoms with Crippen LogP contribution in [0.3, 0.4) is 0 Å². The molecule has 0 amide bonds. The van der Waals surface area contributed by atoms with E-state index in [1.54, 1.807) is 0 Å². The van der Waals surface area contributed by atoms with Crippen molar-refractivity contribution in [2.75, 3.05) is 54.1 Å². The Morgan fingerprint density at radius 2 is 1.12 bits per heavy atom. The van der Waals surface area contributed by atoms with Crippen molar-refractivity contribution in [3.63, 3.8) is 0 Å². The molecule has 1 N–H and O–H groups in total. The molecule has 294 valence electrons. The molecule has 0 aliphatic carbocycles. The normalized spacial score (nSPS) is 14.3. The van der Waals surface area contributed by atoms with Crippen molar-refractivity contribution in [1.29, 1.82) is 0 Å². The zero-order chi connectivity index (χ0) is 37.0. The quantitative estimate of drug-likeness (QED) is 0.0224. The van der Waals surface area contributed by atoms with Gasteiger partial charge in [0.15, 0.2) is 0 Å². The molecule has 50 heavy (non-hydrogen) atoms. The van der Waals surface area contributed by atoms with Crippen molar-refractivity contribution in [3.05, 3.63) is 36.5 Å². The Bertz CT molecular complexity index is 900. The van der Waals surface area contributed by atoms with Crippen LogP contribution in [-0.2, 0) is 27.9 Å². The number of quaternary nitrogens is 1. The second-order valence-electron chi connectivity index (χ2n) is 14.7. The number of carbonyl (C=O) groups excluding carboxylic acids is 1. The van der Waals surface area contributed by atoms with Gasteiger partial charge in [-0.05, 0) is 64.2 Å². The lowest BCUT2D eigenvalue weighted by Crippen LogP contribution is -2.37. The third-order valence-corrected chi connectivity index (χ3v) is 9.41. The number of rotatable bonds is 37. The number of likely N-dealkylation sites (N-methyl/N-ethyl adjacent to an activating group) is 1. The van der Waals surface area contributed by atoms with Gasteiger partial charge in [0, 0.05) is 13.0 Å². The van der Waals surface area contributed by atoms with Crippen LogP contribution in [0.4, 0.5) is 0 Å². The zero-order valence-corrected chi connectivity index (χ0v) is 34.0. The number of phosphoric ester groups is 1. The van der Waals surface area contributed by atoms with E-state index in [9.17, 15) is 14.3 Å². The summed E-state index contributed by atoms with van der Waals surface area (Å²) in [7, 11) is 1.65. The number of ether oxygens (including phenoxy) is 2. The first kappa shape index (κ1) is 48.7. The van der Waals surface area contributed by atoms with E-state index in [-0.39, 0.29) is 25.8 Å². The number of phosphoric acid groups is 1. The maximum absolute atomic E-state index is 12.6. The molecule has 0 bridgehead atoms. The second-order valence-corrected chi connectivity index (χ2v) is 16.1. The molecule has 0 aliphatic rings. The van der Waals surface area contributed by atoms with Crippen LogP contribution >= 0.6 is 7.82 Å². The molecule has 0 fully saturated rings. The molecule has 2 unspecified atom stereocenters. The Morgan fingerprint density at radius 3 is 1.70 bits per heavy atom. The predicted molar refractivity (Wildman–Crippen MR) is 210 cm³/mol. The summed E-state index contributed by atoms with van der Waals surface area (Å²) in [6.45, 7) is 5.53. The van der Waals surface area contributed by atoms with Gasteiger partial charge >= 0.3 is 13.8 Å². The van der Waals surface area contributed by atoms with Gasteiger partial charge in [-0.3, -0.25) is 13.8 Å². The fourth-order valence-electron chi connectivity index (χ4n) is 5.21. The largest absolute Gasteiger partial charge is 0.472 e. The molecule has 0 saturated heterocycles. The SMILES string of the molecule is CCCC/C=C\CCCCCCCCOCC(COP(=O)(O)OCC[N+](C)(C)C)OC(=O)CCCCCCC/C=C\C/C=C\CCCCCC. The number of esters is 1. The highest BCUT2D eigenvalue weighted by atomic mass is 31.2. The Hall–Kier alpha value is -1.28. The summed E-state index contributed by atoms with van der Waals surface area (Å²) >= 11 is 0. The highest BCUT2D eigenvalue weighted by Gasteiger charge is 2.26. The number of carbonyl (C=O) groups is 1. The van der Waals surface area contributed by atoms with E-state index in [0.717, 1.165) is 57.8 Å². The minimum absolute atomic E-state index is 0.0841. The van der Waals surface area contributed by atoms with Crippen molar-refractivity contribution in [3.8, 4) is 0 Å². The molecule has 0 aromatic carbocycles. The lowest BCUT2D eigenvalue weighted by Gasteiger charge is -2.24. The predicted octanol–water partition coefficient (Wildman–Crippen LogP) is 11.4. The molecule has 2 atom stereocenters. The van der Waals surface area contributed by atoms with Crippen LogP contribution in [0.15, 0.2) is 36.5 Å². The highest BCUT2D eigenvalue weighted by molar-refractivity contribution is 7.47. The summed E-state index contributed by atoms with van der Waals surface area (Å²) in [5, 5.41) is 0. The Labute approximate surface area is 308 Å². The first-order valence-electron chi connectivity index (χ1n) is 20.2. The molecular formula is C41H79NO7P+. The van der Waals surface area contributed by atoms with Crippen molar-refractivity contribution in [2.45, 2.75) is 168 Å². The molecule has 9 heteroatoms. The van der Waals surface area contributed by atoms with Crippen LogP contribution in [0.5, 0.6) is 0 Å². The summed E-state index contributed by atoms with van der Waals surface area (Å²) in [4.78, 5) is 22.8. The van der Waals surface area contributed by atoms with Gasteiger partial charge in [-0.2, -0.15) is 0 Å². The van der Waals surface area contributed by atoms with E-state index >= 15 is 0 Å². The number of hydrogen-bond acceptors (Lipinski definition) is 6. The summed E-state index contributed by atoms with van der Waals surface area (Å²) in [6.07, 6.45) is 38.8. The molecule has 0 aliphatic heterocycles. The summed E-state index contributed by atoms with van der Waals surface area (Å²) in [6, 6.07) is 0. The molecule has 0 rings (SSSR count). The smallest absolute Gasteiger partial charge is 0.457 e. The topological polar surface area (TPSA) is 91.3 Å². The average molecular weight is 729 g/mol. The van der Waals surface area contributed by atoms with E-state index in [2.05, 4.69) is 50.3 Å². The monoisotopic (exact) mass is 729 g/mol. The van der Waals surface area contributed by atoms with Gasteiger partial charge in [0.05, 0.1) is 34.4 Å². The Kier molecular flexibility index (Phi) is 33.9. The zero-order valence-electron chi connectivity index (χ0n) is 33.1. The van der Waals surface area contributed by atoms with Crippen molar-refractivity contribution in [2.24, 2.45) is 0 Å². The van der Waals surface area contributed by atoms with E-state index in [1.165, 1.54) is 83.5 Å². The highest BCUT2D eigenvalue weighted by Crippen LogP contribution is 2.43. The van der Waals surface area contributed by atoms with Crippen LogP contribution in [0.2, 0.25) is 0 Å². The first-order chi connectivity index (χ1) is 24.1. The van der Waals surface area contributed by atoms with Crippen molar-refractivity contribution >= 4 is 13.8 Å². The van der Waals surface area contributed by atoms with Gasteiger partial charge in [0.1, 0.15) is 19.3 Å². The van der Waals surface area contributed by atoms with Gasteiger partial charge in [-0.1, -0.05) is 127 Å². The summed E-state index contributed by atoms with van der Waals surface area (Å²) < 4.78 is 34.9. The Balaban J connectivity index is 4.31. The third kappa shape index (κ3) is 38.0. The van der Waals surface area contributed by atoms with Crippen LogP contribution in [0.25, 0.3) is 0 Å². The van der Waals surface area contributed by atoms with Crippen LogP contribution in [0.1, 0.15) is 162 Å². The van der Waals surface area contributed by atoms with Gasteiger partial charge in [0.25, 0.3) is 0 Å². The standard InChI is InChI=1S/C41H78NO7P/c1-6-8-10-12-14-16-18-20-21-22-23-24-26-28-30-32-34-41(43)49-40(39-48-50(44,45)47-37-35-42(3,4)5)38-46-36-33-31-29-27-25-19-17-15-13-11-9-7-2/h13,15-16,18,21-22,40H,6-12,14,17,19-20,23-39H2,1-5H3/p+1/b15-13-,18-16-,22-21-. The fourth-order valence-corrected chi connectivity index (χ4v) is 5.95. The summed E-state index contributed by atoms with van der Waals surface area (Å²) in [5.74, 6) is -0.331. The third-order valence-electron chi connectivity index (χ3n) is 8.42. The van der Waals surface area contributed by atoms with Crippen LogP contribution in [-0.4, -0.2) is 75.6 Å². The van der Waals surface area contributed by atoms with Crippen molar-refractivity contribution < 1.29 is 37.3 Å². The van der Waals surface area contributed by atoms with E-state index in [4.69, 9.17) is 18.5 Å². The molecule has 0 heterocycles. The minimum Gasteiger partial charge on any atom is -0.457 e. The average Bonchev–Trinajstić information content (AvgIpc) is 3.06. The van der Waals surface area contributed by atoms with Gasteiger partial charge in [-0.15, -0.1) is 0 Å². The number of nitrogens with zero attached hydrogens (tertiary/aromatic N) is 1. The van der Waals surface area contributed by atoms with E-state index in [1.807, 2.05) is 21.1 Å². The summed E-state index contributed by atoms with van der Waals surface area (Å²) in [5.41, 5.74) is 0. The van der Waals surface area contributed by atoms with Gasteiger partial charge in [-0.25, -0.2) is 4.57 Å².